The van der Waals surface area contributed by atoms with Crippen LogP contribution in [0.5, 0.6) is 0 Å². The van der Waals surface area contributed by atoms with E-state index in [0.717, 1.165) is 30.4 Å². The van der Waals surface area contributed by atoms with Crippen molar-refractivity contribution in [3.05, 3.63) is 71.8 Å². The SMILES string of the molecule is CCCC[C@]1(COCc2ccccc2)O[C@@H]2OC(C)(C)O[C@@H]2[C@@H]1OCc1ccccc1. The van der Waals surface area contributed by atoms with Crippen LogP contribution in [0.2, 0.25) is 0 Å². The Labute approximate surface area is 185 Å². The molecule has 168 valence electrons. The van der Waals surface area contributed by atoms with E-state index in [0.29, 0.717) is 19.8 Å². The zero-order chi connectivity index (χ0) is 21.7. The fourth-order valence-corrected chi connectivity index (χ4v) is 4.44. The minimum atomic E-state index is -0.689. The summed E-state index contributed by atoms with van der Waals surface area (Å²) in [6, 6.07) is 20.4. The van der Waals surface area contributed by atoms with Crippen LogP contribution in [0.1, 0.15) is 51.2 Å². The first kappa shape index (κ1) is 22.4. The Bertz CT molecular complexity index is 809. The lowest BCUT2D eigenvalue weighted by Gasteiger charge is -2.36. The second-order valence-corrected chi connectivity index (χ2v) is 8.95. The van der Waals surface area contributed by atoms with Gasteiger partial charge in [0.2, 0.25) is 0 Å². The molecule has 0 amide bonds. The summed E-state index contributed by atoms with van der Waals surface area (Å²) in [5.74, 6) is -0.689. The Kier molecular flexibility index (Phi) is 7.09. The first-order valence-corrected chi connectivity index (χ1v) is 11.3. The molecule has 0 unspecified atom stereocenters. The Morgan fingerprint density at radius 1 is 0.839 bits per heavy atom. The topological polar surface area (TPSA) is 46.2 Å². The molecule has 0 saturated carbocycles. The number of fused-ring (bicyclic) bond motifs is 1. The van der Waals surface area contributed by atoms with Gasteiger partial charge in [-0.15, -0.1) is 0 Å². The van der Waals surface area contributed by atoms with E-state index in [2.05, 4.69) is 31.2 Å². The van der Waals surface area contributed by atoms with E-state index in [-0.39, 0.29) is 12.2 Å². The molecule has 2 saturated heterocycles. The van der Waals surface area contributed by atoms with Crippen molar-refractivity contribution in [3.8, 4) is 0 Å². The van der Waals surface area contributed by atoms with Gasteiger partial charge >= 0.3 is 0 Å². The van der Waals surface area contributed by atoms with Crippen molar-refractivity contribution < 1.29 is 23.7 Å². The summed E-state index contributed by atoms with van der Waals surface area (Å²) in [6.45, 7) is 7.48. The van der Waals surface area contributed by atoms with Gasteiger partial charge in [0.25, 0.3) is 0 Å². The van der Waals surface area contributed by atoms with E-state index in [9.17, 15) is 0 Å². The minimum absolute atomic E-state index is 0.276. The smallest absolute Gasteiger partial charge is 0.190 e. The third-order valence-electron chi connectivity index (χ3n) is 5.94. The first-order chi connectivity index (χ1) is 15.0. The second kappa shape index (κ2) is 9.80. The molecule has 0 aliphatic carbocycles. The predicted molar refractivity (Wildman–Crippen MR) is 118 cm³/mol. The van der Waals surface area contributed by atoms with Crippen molar-refractivity contribution in [3.63, 3.8) is 0 Å². The molecule has 2 aliphatic rings. The molecule has 4 rings (SSSR count). The van der Waals surface area contributed by atoms with Gasteiger partial charge in [0, 0.05) is 0 Å². The van der Waals surface area contributed by atoms with E-state index in [1.165, 1.54) is 0 Å². The highest BCUT2D eigenvalue weighted by molar-refractivity contribution is 5.15. The van der Waals surface area contributed by atoms with Crippen LogP contribution in [-0.2, 0) is 36.9 Å². The minimum Gasteiger partial charge on any atom is -0.374 e. The van der Waals surface area contributed by atoms with E-state index in [1.807, 2.05) is 50.2 Å². The van der Waals surface area contributed by atoms with Crippen LogP contribution in [0.25, 0.3) is 0 Å². The summed E-state index contributed by atoms with van der Waals surface area (Å²) < 4.78 is 31.6. The largest absolute Gasteiger partial charge is 0.374 e. The highest BCUT2D eigenvalue weighted by Gasteiger charge is 2.62. The van der Waals surface area contributed by atoms with Crippen LogP contribution in [0.3, 0.4) is 0 Å². The molecular weight excluding hydrogens is 392 g/mol. The van der Waals surface area contributed by atoms with E-state index < -0.39 is 17.7 Å². The third kappa shape index (κ3) is 5.36. The van der Waals surface area contributed by atoms with Gasteiger partial charge in [0.15, 0.2) is 12.1 Å². The Hall–Kier alpha value is -1.76. The van der Waals surface area contributed by atoms with Gasteiger partial charge in [-0.1, -0.05) is 80.4 Å². The van der Waals surface area contributed by atoms with Gasteiger partial charge in [0.05, 0.1) is 19.8 Å². The lowest BCUT2D eigenvalue weighted by Crippen LogP contribution is -2.50. The molecule has 2 aliphatic heterocycles. The molecule has 0 bridgehead atoms. The highest BCUT2D eigenvalue weighted by Crippen LogP contribution is 2.46. The fraction of sp³-hybridized carbons (Fsp3) is 0.538. The second-order valence-electron chi connectivity index (χ2n) is 8.95. The predicted octanol–water partition coefficient (Wildman–Crippen LogP) is 5.23. The van der Waals surface area contributed by atoms with Crippen LogP contribution in [0.4, 0.5) is 0 Å². The Balaban J connectivity index is 1.52. The van der Waals surface area contributed by atoms with Crippen molar-refractivity contribution in [2.75, 3.05) is 6.61 Å². The molecular formula is C26H34O5. The molecule has 2 aromatic carbocycles. The Morgan fingerprint density at radius 2 is 1.48 bits per heavy atom. The number of hydrogen-bond donors (Lipinski definition) is 0. The molecule has 31 heavy (non-hydrogen) atoms. The number of unbranched alkanes of at least 4 members (excludes halogenated alkanes) is 1. The fourth-order valence-electron chi connectivity index (χ4n) is 4.44. The van der Waals surface area contributed by atoms with Crippen molar-refractivity contribution in [1.29, 1.82) is 0 Å². The lowest BCUT2D eigenvalue weighted by atomic mass is 9.90. The summed E-state index contributed by atoms with van der Waals surface area (Å²) in [5, 5.41) is 0. The van der Waals surface area contributed by atoms with E-state index >= 15 is 0 Å². The average Bonchev–Trinajstić information content (AvgIpc) is 3.21. The van der Waals surface area contributed by atoms with Crippen LogP contribution in [0.15, 0.2) is 60.7 Å². The maximum atomic E-state index is 6.55. The van der Waals surface area contributed by atoms with Gasteiger partial charge in [-0.05, 0) is 31.4 Å². The summed E-state index contributed by atoms with van der Waals surface area (Å²) in [7, 11) is 0. The molecule has 2 fully saturated rings. The van der Waals surface area contributed by atoms with Crippen molar-refractivity contribution in [2.45, 2.75) is 83.1 Å². The quantitative estimate of drug-likeness (QED) is 0.521. The van der Waals surface area contributed by atoms with Gasteiger partial charge in [0.1, 0.15) is 17.8 Å². The molecule has 2 aromatic rings. The van der Waals surface area contributed by atoms with Crippen LogP contribution in [-0.4, -0.2) is 36.5 Å². The Morgan fingerprint density at radius 3 is 2.13 bits per heavy atom. The lowest BCUT2D eigenvalue weighted by molar-refractivity contribution is -0.256. The number of ether oxygens (including phenoxy) is 5. The molecule has 4 atom stereocenters. The maximum Gasteiger partial charge on any atom is 0.190 e. The summed E-state index contributed by atoms with van der Waals surface area (Å²) in [5.41, 5.74) is 1.66. The van der Waals surface area contributed by atoms with Crippen molar-refractivity contribution in [2.24, 2.45) is 0 Å². The molecule has 0 spiro atoms. The number of hydrogen-bond acceptors (Lipinski definition) is 5. The van der Waals surface area contributed by atoms with Crippen molar-refractivity contribution >= 4 is 0 Å². The summed E-state index contributed by atoms with van der Waals surface area (Å²) in [6.07, 6.45) is 1.91. The first-order valence-electron chi connectivity index (χ1n) is 11.3. The average molecular weight is 427 g/mol. The molecule has 0 aromatic heterocycles. The van der Waals surface area contributed by atoms with Gasteiger partial charge in [-0.25, -0.2) is 0 Å². The number of rotatable bonds is 10. The van der Waals surface area contributed by atoms with Gasteiger partial charge in [-0.2, -0.15) is 0 Å². The van der Waals surface area contributed by atoms with Crippen LogP contribution >= 0.6 is 0 Å². The monoisotopic (exact) mass is 426 g/mol. The molecule has 5 heteroatoms. The van der Waals surface area contributed by atoms with E-state index in [1.54, 1.807) is 0 Å². The zero-order valence-corrected chi connectivity index (χ0v) is 18.8. The van der Waals surface area contributed by atoms with Gasteiger partial charge in [-0.3, -0.25) is 0 Å². The zero-order valence-electron chi connectivity index (χ0n) is 18.8. The van der Waals surface area contributed by atoms with E-state index in [4.69, 9.17) is 23.7 Å². The third-order valence-corrected chi connectivity index (χ3v) is 5.94. The summed E-state index contributed by atoms with van der Waals surface area (Å²) >= 11 is 0. The maximum absolute atomic E-state index is 6.55. The van der Waals surface area contributed by atoms with Crippen LogP contribution in [0, 0.1) is 0 Å². The number of benzene rings is 2. The van der Waals surface area contributed by atoms with Crippen molar-refractivity contribution in [1.82, 2.24) is 0 Å². The normalized spacial score (nSPS) is 29.2. The molecule has 0 N–H and O–H groups in total. The molecule has 2 heterocycles. The highest BCUT2D eigenvalue weighted by atomic mass is 16.8. The van der Waals surface area contributed by atoms with Crippen LogP contribution < -0.4 is 0 Å². The molecule has 5 nitrogen and oxygen atoms in total. The van der Waals surface area contributed by atoms with Gasteiger partial charge < -0.3 is 23.7 Å². The standard InChI is InChI=1S/C26H34O5/c1-4-5-16-26(19-27-17-20-12-8-6-9-13-20)23(28-18-21-14-10-7-11-15-21)22-24(31-26)30-25(2,3)29-22/h6-15,22-24H,4-5,16-19H2,1-3H3/t22-,23+,24+,26-/m1/s1. The summed E-state index contributed by atoms with van der Waals surface area (Å²) in [4.78, 5) is 0. The molecule has 0 radical (unpaired) electrons.